The first kappa shape index (κ1) is 16.0. The molecular weight excluding hydrogens is 242 g/mol. The molecule has 1 aromatic carbocycles. The minimum absolute atomic E-state index is 0. The topological polar surface area (TPSA) is 29.5 Å². The van der Waals surface area contributed by atoms with E-state index in [0.29, 0.717) is 0 Å². The summed E-state index contributed by atoms with van der Waals surface area (Å²) in [5.41, 5.74) is 0.837. The van der Waals surface area contributed by atoms with Crippen molar-refractivity contribution in [3.63, 3.8) is 0 Å². The first-order chi connectivity index (χ1) is 5.27. The second-order valence-electron chi connectivity index (χ2n) is 2.12. The number of ether oxygens (including phenoxy) is 1. The van der Waals surface area contributed by atoms with Crippen LogP contribution in [0.2, 0.25) is 0 Å². The number of rotatable bonds is 2. The Morgan fingerprint density at radius 2 is 2.15 bits per heavy atom. The molecule has 65 valence electrons. The third kappa shape index (κ3) is 4.56. The second kappa shape index (κ2) is 7.94. The van der Waals surface area contributed by atoms with Gasteiger partial charge in [-0.3, -0.25) is 0 Å². The van der Waals surface area contributed by atoms with Crippen molar-refractivity contribution in [2.45, 2.75) is 6.61 Å². The van der Waals surface area contributed by atoms with Crippen molar-refractivity contribution in [3.05, 3.63) is 28.2 Å². The van der Waals surface area contributed by atoms with Crippen molar-refractivity contribution >= 4 is 33.3 Å². The van der Waals surface area contributed by atoms with Gasteiger partial charge in [0.05, 0.1) is 13.7 Å². The largest absolute Gasteiger partial charge is 1.00 e. The molecule has 0 aromatic heterocycles. The molecular formula is C8H10AlBrLiO2. The van der Waals surface area contributed by atoms with Crippen LogP contribution in [0.4, 0.5) is 0 Å². The summed E-state index contributed by atoms with van der Waals surface area (Å²) < 4.78 is 5.88. The minimum atomic E-state index is 0. The molecule has 1 rings (SSSR count). The van der Waals surface area contributed by atoms with E-state index in [1.807, 2.05) is 12.1 Å². The van der Waals surface area contributed by atoms with Crippen LogP contribution in [0.3, 0.4) is 0 Å². The first-order valence-electron chi connectivity index (χ1n) is 3.21. The molecule has 1 N–H and O–H groups in total. The summed E-state index contributed by atoms with van der Waals surface area (Å²) in [5, 5.41) is 8.85. The molecule has 0 saturated heterocycles. The van der Waals surface area contributed by atoms with Gasteiger partial charge in [0.2, 0.25) is 0 Å². The van der Waals surface area contributed by atoms with Gasteiger partial charge >= 0.3 is 18.9 Å². The van der Waals surface area contributed by atoms with E-state index in [-0.39, 0.29) is 44.3 Å². The molecule has 0 saturated carbocycles. The fourth-order valence-corrected chi connectivity index (χ4v) is 1.17. The van der Waals surface area contributed by atoms with Gasteiger partial charge in [-0.15, -0.1) is 0 Å². The molecule has 1 aromatic rings. The van der Waals surface area contributed by atoms with Gasteiger partial charge in [0.1, 0.15) is 5.75 Å². The molecule has 0 amide bonds. The van der Waals surface area contributed by atoms with Crippen LogP contribution in [0, 0.1) is 0 Å². The first-order valence-corrected chi connectivity index (χ1v) is 4.00. The fourth-order valence-electron chi connectivity index (χ4n) is 0.799. The summed E-state index contributed by atoms with van der Waals surface area (Å²) in [6.45, 7) is 0.0256. The zero-order valence-electron chi connectivity index (χ0n) is 8.75. The van der Waals surface area contributed by atoms with Crippen molar-refractivity contribution in [1.82, 2.24) is 0 Å². The Morgan fingerprint density at radius 1 is 1.54 bits per heavy atom. The average molecular weight is 252 g/mol. The van der Waals surface area contributed by atoms with Gasteiger partial charge < -0.3 is 11.3 Å². The maximum atomic E-state index is 8.85. The van der Waals surface area contributed by atoms with E-state index in [4.69, 9.17) is 9.84 Å². The number of halogens is 1. The number of aliphatic hydroxyl groups excluding tert-OH is 1. The molecule has 0 unspecified atom stereocenters. The van der Waals surface area contributed by atoms with Gasteiger partial charge in [-0.25, -0.2) is 0 Å². The molecule has 5 heteroatoms. The summed E-state index contributed by atoms with van der Waals surface area (Å²) in [6.07, 6.45) is 0. The van der Waals surface area contributed by atoms with Gasteiger partial charge in [0.25, 0.3) is 0 Å². The molecule has 0 spiro atoms. The molecule has 0 aliphatic rings. The van der Waals surface area contributed by atoms with Crippen LogP contribution in [0.1, 0.15) is 6.99 Å². The summed E-state index contributed by atoms with van der Waals surface area (Å²) in [4.78, 5) is 0. The van der Waals surface area contributed by atoms with Crippen LogP contribution < -0.4 is 23.6 Å². The van der Waals surface area contributed by atoms with E-state index >= 15 is 0 Å². The number of hydrogen-bond acceptors (Lipinski definition) is 2. The maximum Gasteiger partial charge on any atom is 1.00 e. The molecule has 0 aliphatic heterocycles. The quantitative estimate of drug-likeness (QED) is 0.662. The fraction of sp³-hybridized carbons (Fsp3) is 0.250. The molecule has 0 heterocycles. The Labute approximate surface area is 111 Å². The van der Waals surface area contributed by atoms with Gasteiger partial charge in [0.15, 0.2) is 0 Å². The molecule has 0 fully saturated rings. The average Bonchev–Trinajstić information content (AvgIpc) is 2.05. The normalized spacial score (nSPS) is 8.23. The molecule has 0 aliphatic carbocycles. The van der Waals surface area contributed by atoms with Crippen molar-refractivity contribution < 1.29 is 30.1 Å². The number of methoxy groups -OCH3 is 1. The maximum absolute atomic E-state index is 8.85. The van der Waals surface area contributed by atoms with E-state index in [1.165, 1.54) is 0 Å². The van der Waals surface area contributed by atoms with Crippen LogP contribution >= 0.6 is 15.9 Å². The van der Waals surface area contributed by atoms with Crippen molar-refractivity contribution in [2.75, 3.05) is 7.11 Å². The van der Waals surface area contributed by atoms with Gasteiger partial charge in [0, 0.05) is 21.8 Å². The molecule has 0 bridgehead atoms. The summed E-state index contributed by atoms with van der Waals surface area (Å²) in [5.74, 6) is 0.761. The molecule has 13 heavy (non-hydrogen) atoms. The van der Waals surface area contributed by atoms with Crippen LogP contribution in [-0.2, 0) is 6.61 Å². The Hall–Kier alpha value is 0.590. The van der Waals surface area contributed by atoms with E-state index in [1.54, 1.807) is 13.2 Å². The van der Waals surface area contributed by atoms with E-state index in [0.717, 1.165) is 15.8 Å². The number of benzene rings is 1. The summed E-state index contributed by atoms with van der Waals surface area (Å²) >= 11 is 3.30. The van der Waals surface area contributed by atoms with Gasteiger partial charge in [-0.2, -0.15) is 0 Å². The smallest absolute Gasteiger partial charge is 1.00 e. The van der Waals surface area contributed by atoms with Crippen molar-refractivity contribution in [3.8, 4) is 5.75 Å². The SMILES string of the molecule is COc1ccc(Br)c(CO)c1.[Al].[H-].[Li+]. The Bertz CT molecular complexity index is 263. The summed E-state index contributed by atoms with van der Waals surface area (Å²) in [6, 6.07) is 5.48. The monoisotopic (exact) mass is 251 g/mol. The van der Waals surface area contributed by atoms with Crippen LogP contribution in [0.5, 0.6) is 5.75 Å². The van der Waals surface area contributed by atoms with Crippen molar-refractivity contribution in [1.29, 1.82) is 0 Å². The molecule has 3 radical (unpaired) electrons. The predicted octanol–water partition coefficient (Wildman–Crippen LogP) is -1.31. The number of aliphatic hydroxyl groups is 1. The van der Waals surface area contributed by atoms with Crippen LogP contribution in [0.15, 0.2) is 22.7 Å². The van der Waals surface area contributed by atoms with Gasteiger partial charge in [-0.1, -0.05) is 15.9 Å². The van der Waals surface area contributed by atoms with Crippen LogP contribution in [0.25, 0.3) is 0 Å². The van der Waals surface area contributed by atoms with Crippen molar-refractivity contribution in [2.24, 2.45) is 0 Å². The third-order valence-corrected chi connectivity index (χ3v) is 2.20. The third-order valence-electron chi connectivity index (χ3n) is 1.42. The molecule has 2 nitrogen and oxygen atoms in total. The zero-order valence-corrected chi connectivity index (χ0v) is 10.5. The van der Waals surface area contributed by atoms with Gasteiger partial charge in [-0.05, 0) is 23.8 Å². The molecule has 0 atom stereocenters. The Morgan fingerprint density at radius 3 is 2.62 bits per heavy atom. The minimum Gasteiger partial charge on any atom is -1.00 e. The van der Waals surface area contributed by atoms with E-state index in [9.17, 15) is 0 Å². The Balaban J connectivity index is -0.000000403. The zero-order chi connectivity index (χ0) is 8.27. The number of hydrogen-bond donors (Lipinski definition) is 1. The summed E-state index contributed by atoms with van der Waals surface area (Å²) in [7, 11) is 1.60. The van der Waals surface area contributed by atoms with E-state index < -0.39 is 0 Å². The van der Waals surface area contributed by atoms with E-state index in [2.05, 4.69) is 15.9 Å². The predicted molar refractivity (Wildman–Crippen MR) is 53.5 cm³/mol. The van der Waals surface area contributed by atoms with Crippen LogP contribution in [-0.4, -0.2) is 29.6 Å². The Kier molecular flexibility index (Phi) is 9.80. The standard InChI is InChI=1S/C8H9BrO2.Al.Li.H/c1-11-7-2-3-8(9)6(4-7)5-10;;;/h2-4,10H,5H2,1H3;;;/q;;+1;-1. The second-order valence-corrected chi connectivity index (χ2v) is 2.97.